The van der Waals surface area contributed by atoms with E-state index in [1.54, 1.807) is 11.6 Å². The lowest BCUT2D eigenvalue weighted by atomic mass is 9.84. The van der Waals surface area contributed by atoms with Gasteiger partial charge in [-0.2, -0.15) is 0 Å². The molecule has 1 amide bonds. The van der Waals surface area contributed by atoms with Crippen molar-refractivity contribution in [2.75, 3.05) is 5.32 Å². The van der Waals surface area contributed by atoms with Crippen molar-refractivity contribution in [3.63, 3.8) is 0 Å². The quantitative estimate of drug-likeness (QED) is 0.648. The standard InChI is InChI=1S/C21H26N4OS/c1-5-7-16(22)20-25-18(12-27-20)19(26)24-13-10-14-15(21(2,3)4)8-6-9-17(14)23-11-13/h6,8-12,16H,5,7,22H2,1-4H3,(H,24,26). The van der Waals surface area contributed by atoms with E-state index in [1.807, 2.05) is 18.2 Å². The van der Waals surface area contributed by atoms with E-state index in [0.717, 1.165) is 28.8 Å². The summed E-state index contributed by atoms with van der Waals surface area (Å²) in [7, 11) is 0. The zero-order chi connectivity index (χ0) is 19.6. The molecule has 0 bridgehead atoms. The molecule has 1 aromatic carbocycles. The molecule has 1 atom stereocenters. The van der Waals surface area contributed by atoms with E-state index in [4.69, 9.17) is 5.73 Å². The van der Waals surface area contributed by atoms with Crippen molar-refractivity contribution in [3.05, 3.63) is 52.1 Å². The Morgan fingerprint density at radius 1 is 1.33 bits per heavy atom. The summed E-state index contributed by atoms with van der Waals surface area (Å²) >= 11 is 1.43. The Hall–Kier alpha value is -2.31. The van der Waals surface area contributed by atoms with Crippen LogP contribution in [-0.2, 0) is 5.41 Å². The van der Waals surface area contributed by atoms with Gasteiger partial charge in [0.1, 0.15) is 10.7 Å². The number of carbonyl (C=O) groups is 1. The number of thiazole rings is 1. The summed E-state index contributed by atoms with van der Waals surface area (Å²) in [6, 6.07) is 7.98. The Labute approximate surface area is 164 Å². The molecular weight excluding hydrogens is 356 g/mol. The SMILES string of the molecule is CCCC(N)c1nc(C(=O)Nc2cnc3cccc(C(C)(C)C)c3c2)cs1. The zero-order valence-corrected chi connectivity index (χ0v) is 17.1. The van der Waals surface area contributed by atoms with Crippen LogP contribution < -0.4 is 11.1 Å². The van der Waals surface area contributed by atoms with Crippen molar-refractivity contribution in [2.24, 2.45) is 5.73 Å². The van der Waals surface area contributed by atoms with Gasteiger partial charge < -0.3 is 11.1 Å². The van der Waals surface area contributed by atoms with E-state index < -0.39 is 0 Å². The molecule has 142 valence electrons. The van der Waals surface area contributed by atoms with Crippen molar-refractivity contribution in [2.45, 2.75) is 52.0 Å². The van der Waals surface area contributed by atoms with Crippen molar-refractivity contribution in [1.82, 2.24) is 9.97 Å². The van der Waals surface area contributed by atoms with E-state index in [1.165, 1.54) is 16.9 Å². The van der Waals surface area contributed by atoms with Crippen LogP contribution in [-0.4, -0.2) is 15.9 Å². The summed E-state index contributed by atoms with van der Waals surface area (Å²) in [5.41, 5.74) is 9.26. The number of carbonyl (C=O) groups excluding carboxylic acids is 1. The van der Waals surface area contributed by atoms with E-state index in [-0.39, 0.29) is 17.4 Å². The fourth-order valence-electron chi connectivity index (χ4n) is 3.06. The van der Waals surface area contributed by atoms with Crippen LogP contribution in [0.4, 0.5) is 5.69 Å². The Morgan fingerprint density at radius 3 is 2.81 bits per heavy atom. The predicted octanol–water partition coefficient (Wildman–Crippen LogP) is 5.04. The number of pyridine rings is 1. The summed E-state index contributed by atoms with van der Waals surface area (Å²) in [6.45, 7) is 8.59. The Balaban J connectivity index is 1.85. The summed E-state index contributed by atoms with van der Waals surface area (Å²) < 4.78 is 0. The highest BCUT2D eigenvalue weighted by atomic mass is 32.1. The van der Waals surface area contributed by atoms with Crippen LogP contribution in [0, 0.1) is 0 Å². The van der Waals surface area contributed by atoms with Gasteiger partial charge in [-0.1, -0.05) is 46.2 Å². The van der Waals surface area contributed by atoms with Crippen molar-refractivity contribution in [1.29, 1.82) is 0 Å². The first-order valence-corrected chi connectivity index (χ1v) is 10.1. The van der Waals surface area contributed by atoms with E-state index >= 15 is 0 Å². The minimum Gasteiger partial charge on any atom is -0.322 e. The highest BCUT2D eigenvalue weighted by Gasteiger charge is 2.18. The molecule has 0 saturated carbocycles. The third kappa shape index (κ3) is 4.34. The van der Waals surface area contributed by atoms with Gasteiger partial charge in [-0.3, -0.25) is 9.78 Å². The topological polar surface area (TPSA) is 80.9 Å². The van der Waals surface area contributed by atoms with E-state index in [2.05, 4.69) is 49.0 Å². The molecular formula is C21H26N4OS. The average molecular weight is 383 g/mol. The lowest BCUT2D eigenvalue weighted by molar-refractivity contribution is 0.102. The number of nitrogens with zero attached hydrogens (tertiary/aromatic N) is 2. The molecule has 5 nitrogen and oxygen atoms in total. The maximum atomic E-state index is 12.6. The molecule has 0 aliphatic carbocycles. The third-order valence-corrected chi connectivity index (χ3v) is 5.44. The van der Waals surface area contributed by atoms with Crippen LogP contribution in [0.5, 0.6) is 0 Å². The summed E-state index contributed by atoms with van der Waals surface area (Å²) in [5.74, 6) is -0.240. The van der Waals surface area contributed by atoms with Crippen molar-refractivity contribution >= 4 is 33.8 Å². The molecule has 1 unspecified atom stereocenters. The number of anilines is 1. The van der Waals surface area contributed by atoms with Gasteiger partial charge >= 0.3 is 0 Å². The number of aromatic nitrogens is 2. The number of fused-ring (bicyclic) bond motifs is 1. The molecule has 0 saturated heterocycles. The monoisotopic (exact) mass is 382 g/mol. The Morgan fingerprint density at radius 2 is 2.11 bits per heavy atom. The lowest BCUT2D eigenvalue weighted by Gasteiger charge is -2.21. The number of hydrogen-bond acceptors (Lipinski definition) is 5. The largest absolute Gasteiger partial charge is 0.322 e. The first-order valence-electron chi connectivity index (χ1n) is 9.21. The average Bonchev–Trinajstić information content (AvgIpc) is 3.11. The molecule has 6 heteroatoms. The number of nitrogens with one attached hydrogen (secondary N) is 1. The minimum absolute atomic E-state index is 0.0109. The zero-order valence-electron chi connectivity index (χ0n) is 16.2. The molecule has 2 aromatic heterocycles. The molecule has 3 rings (SSSR count). The third-order valence-electron chi connectivity index (χ3n) is 4.46. The summed E-state index contributed by atoms with van der Waals surface area (Å²) in [6.07, 6.45) is 3.53. The number of amides is 1. The highest BCUT2D eigenvalue weighted by molar-refractivity contribution is 7.09. The minimum atomic E-state index is -0.240. The van der Waals surface area contributed by atoms with Gasteiger partial charge in [0.2, 0.25) is 0 Å². The molecule has 0 spiro atoms. The second-order valence-electron chi connectivity index (χ2n) is 7.77. The van der Waals surface area contributed by atoms with Crippen LogP contribution in [0.3, 0.4) is 0 Å². The molecule has 3 N–H and O–H groups in total. The fourth-order valence-corrected chi connectivity index (χ4v) is 3.90. The lowest BCUT2D eigenvalue weighted by Crippen LogP contribution is -2.15. The summed E-state index contributed by atoms with van der Waals surface area (Å²) in [5, 5.41) is 6.52. The number of benzene rings is 1. The number of nitrogens with two attached hydrogens (primary N) is 1. The fraction of sp³-hybridized carbons (Fsp3) is 0.381. The van der Waals surface area contributed by atoms with Crippen LogP contribution in [0.1, 0.15) is 67.6 Å². The first-order chi connectivity index (χ1) is 12.8. The van der Waals surface area contributed by atoms with Gasteiger partial charge in [-0.25, -0.2) is 4.98 Å². The van der Waals surface area contributed by atoms with E-state index in [0.29, 0.717) is 11.4 Å². The number of hydrogen-bond donors (Lipinski definition) is 2. The Bertz CT molecular complexity index is 958. The predicted molar refractivity (Wildman–Crippen MR) is 112 cm³/mol. The summed E-state index contributed by atoms with van der Waals surface area (Å²) in [4.78, 5) is 21.5. The van der Waals surface area contributed by atoms with Crippen molar-refractivity contribution in [3.8, 4) is 0 Å². The van der Waals surface area contributed by atoms with Gasteiger partial charge in [-0.05, 0) is 29.5 Å². The number of rotatable bonds is 5. The molecule has 3 aromatic rings. The van der Waals surface area contributed by atoms with Crippen LogP contribution in [0.25, 0.3) is 10.9 Å². The van der Waals surface area contributed by atoms with Crippen LogP contribution in [0.15, 0.2) is 35.8 Å². The molecule has 0 radical (unpaired) electrons. The van der Waals surface area contributed by atoms with Gasteiger partial charge in [0, 0.05) is 10.8 Å². The van der Waals surface area contributed by atoms with Crippen molar-refractivity contribution < 1.29 is 4.79 Å². The Kier molecular flexibility index (Phi) is 5.58. The molecule has 0 aliphatic rings. The van der Waals surface area contributed by atoms with Gasteiger partial charge in [0.05, 0.1) is 23.4 Å². The van der Waals surface area contributed by atoms with Crippen LogP contribution in [0.2, 0.25) is 0 Å². The van der Waals surface area contributed by atoms with Gasteiger partial charge in [0.25, 0.3) is 5.91 Å². The van der Waals surface area contributed by atoms with Gasteiger partial charge in [-0.15, -0.1) is 11.3 Å². The van der Waals surface area contributed by atoms with Crippen LogP contribution >= 0.6 is 11.3 Å². The maximum absolute atomic E-state index is 12.6. The second kappa shape index (κ2) is 7.74. The molecule has 27 heavy (non-hydrogen) atoms. The van der Waals surface area contributed by atoms with E-state index in [9.17, 15) is 4.79 Å². The highest BCUT2D eigenvalue weighted by Crippen LogP contribution is 2.30. The molecule has 0 fully saturated rings. The smallest absolute Gasteiger partial charge is 0.275 e. The van der Waals surface area contributed by atoms with Gasteiger partial charge in [0.15, 0.2) is 0 Å². The normalized spacial score (nSPS) is 12.9. The molecule has 0 aliphatic heterocycles. The maximum Gasteiger partial charge on any atom is 0.275 e. The first kappa shape index (κ1) is 19.5. The second-order valence-corrected chi connectivity index (χ2v) is 8.66. The molecule has 2 heterocycles.